The average molecular weight is 547 g/mol. The number of methoxy groups -OCH3 is 1. The normalized spacial score (nSPS) is 14.5. The van der Waals surface area contributed by atoms with Crippen LogP contribution in [-0.2, 0) is 26.2 Å². The first kappa shape index (κ1) is 28.9. The Kier molecular flexibility index (Phi) is 9.31. The van der Waals surface area contributed by atoms with Crippen LogP contribution in [0.5, 0.6) is 5.75 Å². The molecule has 2 aromatic carbocycles. The molecule has 0 aliphatic heterocycles. The molecule has 206 valence electrons. The van der Waals surface area contributed by atoms with Crippen molar-refractivity contribution in [3.05, 3.63) is 63.7 Å². The standard InChI is InChI=1S/C26H34N4O7S/c1-18-8-7-9-20(14-18)16-28(19(2)26(32)27-21-10-5-6-11-21)25(31)17-29(38(4,35)36)23-15-22(30(33)34)12-13-24(23)37-3/h7-9,12-15,19,21H,5-6,10-11,16-17H2,1-4H3,(H,27,32)/t19-/m1/s1. The van der Waals surface area contributed by atoms with Gasteiger partial charge in [0, 0.05) is 24.7 Å². The third-order valence-corrected chi connectivity index (χ3v) is 7.75. The van der Waals surface area contributed by atoms with E-state index in [4.69, 9.17) is 4.74 Å². The lowest BCUT2D eigenvalue weighted by atomic mass is 10.1. The van der Waals surface area contributed by atoms with Gasteiger partial charge < -0.3 is 15.0 Å². The van der Waals surface area contributed by atoms with Gasteiger partial charge in [-0.3, -0.25) is 24.0 Å². The van der Waals surface area contributed by atoms with Crippen LogP contribution < -0.4 is 14.4 Å². The van der Waals surface area contributed by atoms with Gasteiger partial charge in [-0.1, -0.05) is 42.7 Å². The maximum Gasteiger partial charge on any atom is 0.271 e. The predicted octanol–water partition coefficient (Wildman–Crippen LogP) is 3.15. The SMILES string of the molecule is COc1ccc([N+](=O)[O-])cc1N(CC(=O)N(Cc1cccc(C)c1)[C@H](C)C(=O)NC1CCCC1)S(C)(=O)=O. The van der Waals surface area contributed by atoms with E-state index >= 15 is 0 Å². The Balaban J connectivity index is 1.97. The van der Waals surface area contributed by atoms with Crippen molar-refractivity contribution in [2.24, 2.45) is 0 Å². The molecule has 2 aromatic rings. The van der Waals surface area contributed by atoms with E-state index < -0.39 is 33.4 Å². The second-order valence-electron chi connectivity index (χ2n) is 9.56. The van der Waals surface area contributed by atoms with Gasteiger partial charge in [0.2, 0.25) is 21.8 Å². The highest BCUT2D eigenvalue weighted by atomic mass is 32.2. The molecule has 12 heteroatoms. The van der Waals surface area contributed by atoms with E-state index in [-0.39, 0.29) is 35.6 Å². The second kappa shape index (κ2) is 12.2. The van der Waals surface area contributed by atoms with Gasteiger partial charge in [0.05, 0.1) is 18.3 Å². The van der Waals surface area contributed by atoms with Crippen molar-refractivity contribution in [1.82, 2.24) is 10.2 Å². The van der Waals surface area contributed by atoms with Crippen molar-refractivity contribution in [2.75, 3.05) is 24.2 Å². The number of hydrogen-bond donors (Lipinski definition) is 1. The number of benzene rings is 2. The first-order valence-corrected chi connectivity index (χ1v) is 14.2. The molecule has 38 heavy (non-hydrogen) atoms. The maximum atomic E-state index is 13.7. The van der Waals surface area contributed by atoms with Crippen molar-refractivity contribution < 1.29 is 27.7 Å². The molecule has 1 atom stereocenters. The van der Waals surface area contributed by atoms with Gasteiger partial charge in [-0.05, 0) is 38.3 Å². The van der Waals surface area contributed by atoms with Gasteiger partial charge >= 0.3 is 0 Å². The molecular weight excluding hydrogens is 512 g/mol. The molecule has 1 N–H and O–H groups in total. The van der Waals surface area contributed by atoms with Crippen molar-refractivity contribution in [3.8, 4) is 5.75 Å². The van der Waals surface area contributed by atoms with Crippen LogP contribution in [0.25, 0.3) is 0 Å². The van der Waals surface area contributed by atoms with Crippen LogP contribution >= 0.6 is 0 Å². The summed E-state index contributed by atoms with van der Waals surface area (Å²) in [6.45, 7) is 2.91. The number of nitrogens with zero attached hydrogens (tertiary/aromatic N) is 3. The summed E-state index contributed by atoms with van der Waals surface area (Å²) in [5, 5.41) is 14.4. The molecule has 0 saturated heterocycles. The maximum absolute atomic E-state index is 13.7. The number of ether oxygens (including phenoxy) is 1. The fourth-order valence-electron chi connectivity index (χ4n) is 4.56. The minimum atomic E-state index is -4.08. The Hall–Kier alpha value is -3.67. The minimum absolute atomic E-state index is 0.0440. The summed E-state index contributed by atoms with van der Waals surface area (Å²) < 4.78 is 31.7. The van der Waals surface area contributed by atoms with Gasteiger partial charge in [-0.15, -0.1) is 0 Å². The summed E-state index contributed by atoms with van der Waals surface area (Å²) in [7, 11) is -2.79. The number of amides is 2. The van der Waals surface area contributed by atoms with E-state index in [1.807, 2.05) is 31.2 Å². The van der Waals surface area contributed by atoms with Crippen LogP contribution in [0.2, 0.25) is 0 Å². The molecule has 0 spiro atoms. The minimum Gasteiger partial charge on any atom is -0.495 e. The Morgan fingerprint density at radius 2 is 1.87 bits per heavy atom. The molecule has 0 heterocycles. The average Bonchev–Trinajstić information content (AvgIpc) is 3.37. The number of carbonyl (C=O) groups excluding carboxylic acids is 2. The number of nitro groups is 1. The van der Waals surface area contributed by atoms with Gasteiger partial charge in [-0.2, -0.15) is 0 Å². The van der Waals surface area contributed by atoms with Gasteiger partial charge in [-0.25, -0.2) is 8.42 Å². The molecule has 1 aliphatic rings. The molecule has 0 aromatic heterocycles. The molecule has 0 unspecified atom stereocenters. The summed E-state index contributed by atoms with van der Waals surface area (Å²) in [5.41, 5.74) is 1.24. The molecule has 1 saturated carbocycles. The van der Waals surface area contributed by atoms with E-state index in [0.29, 0.717) is 0 Å². The zero-order chi connectivity index (χ0) is 28.0. The number of rotatable bonds is 11. The van der Waals surface area contributed by atoms with Crippen LogP contribution in [0.1, 0.15) is 43.7 Å². The van der Waals surface area contributed by atoms with Crippen LogP contribution in [0.4, 0.5) is 11.4 Å². The molecule has 1 aliphatic carbocycles. The van der Waals surface area contributed by atoms with Crippen molar-refractivity contribution in [3.63, 3.8) is 0 Å². The number of hydrogen-bond acceptors (Lipinski definition) is 7. The third kappa shape index (κ3) is 7.21. The van der Waals surface area contributed by atoms with Crippen molar-refractivity contribution >= 4 is 33.2 Å². The molecule has 0 bridgehead atoms. The van der Waals surface area contributed by atoms with Crippen LogP contribution in [0, 0.1) is 17.0 Å². The molecule has 0 radical (unpaired) electrons. The van der Waals surface area contributed by atoms with E-state index in [1.165, 1.54) is 24.1 Å². The number of sulfonamides is 1. The number of nitro benzene ring substituents is 1. The fraction of sp³-hybridized carbons (Fsp3) is 0.462. The number of nitrogens with one attached hydrogen (secondary N) is 1. The van der Waals surface area contributed by atoms with Crippen LogP contribution in [0.15, 0.2) is 42.5 Å². The summed E-state index contributed by atoms with van der Waals surface area (Å²) in [6.07, 6.45) is 4.70. The van der Waals surface area contributed by atoms with E-state index in [1.54, 1.807) is 6.92 Å². The highest BCUT2D eigenvalue weighted by Crippen LogP contribution is 2.34. The number of carbonyl (C=O) groups is 2. The molecule has 3 rings (SSSR count). The zero-order valence-corrected chi connectivity index (χ0v) is 22.9. The van der Waals surface area contributed by atoms with Crippen molar-refractivity contribution in [1.29, 1.82) is 0 Å². The molecule has 1 fully saturated rings. The fourth-order valence-corrected chi connectivity index (χ4v) is 5.41. The Morgan fingerprint density at radius 3 is 2.45 bits per heavy atom. The second-order valence-corrected chi connectivity index (χ2v) is 11.5. The lowest BCUT2D eigenvalue weighted by molar-refractivity contribution is -0.384. The monoisotopic (exact) mass is 546 g/mol. The van der Waals surface area contributed by atoms with Crippen LogP contribution in [0.3, 0.4) is 0 Å². The smallest absolute Gasteiger partial charge is 0.271 e. The first-order chi connectivity index (χ1) is 17.9. The Bertz CT molecular complexity index is 1290. The lowest BCUT2D eigenvalue weighted by Crippen LogP contribution is -2.52. The highest BCUT2D eigenvalue weighted by Gasteiger charge is 2.33. The largest absolute Gasteiger partial charge is 0.495 e. The first-order valence-electron chi connectivity index (χ1n) is 12.4. The quantitative estimate of drug-likeness (QED) is 0.337. The Morgan fingerprint density at radius 1 is 1.18 bits per heavy atom. The van der Waals surface area contributed by atoms with E-state index in [0.717, 1.165) is 53.4 Å². The summed E-state index contributed by atoms with van der Waals surface area (Å²) in [5.74, 6) is -0.914. The summed E-state index contributed by atoms with van der Waals surface area (Å²) in [4.78, 5) is 38.9. The van der Waals surface area contributed by atoms with Crippen molar-refractivity contribution in [2.45, 2.75) is 58.2 Å². The van der Waals surface area contributed by atoms with Gasteiger partial charge in [0.25, 0.3) is 5.69 Å². The highest BCUT2D eigenvalue weighted by molar-refractivity contribution is 7.92. The predicted molar refractivity (Wildman–Crippen MR) is 143 cm³/mol. The topological polar surface area (TPSA) is 139 Å². The number of anilines is 1. The molecule has 11 nitrogen and oxygen atoms in total. The molecule has 2 amide bonds. The van der Waals surface area contributed by atoms with E-state index in [9.17, 15) is 28.1 Å². The zero-order valence-electron chi connectivity index (χ0n) is 22.0. The summed E-state index contributed by atoms with van der Waals surface area (Å²) in [6, 6.07) is 10.1. The number of aryl methyl sites for hydroxylation is 1. The Labute approximate surface area is 223 Å². The summed E-state index contributed by atoms with van der Waals surface area (Å²) >= 11 is 0. The number of non-ortho nitro benzene ring substituents is 1. The molecular formula is C26H34N4O7S. The van der Waals surface area contributed by atoms with Crippen LogP contribution in [-0.4, -0.2) is 62.0 Å². The lowest BCUT2D eigenvalue weighted by Gasteiger charge is -2.32. The van der Waals surface area contributed by atoms with Gasteiger partial charge in [0.1, 0.15) is 24.0 Å². The third-order valence-electron chi connectivity index (χ3n) is 6.63. The van der Waals surface area contributed by atoms with E-state index in [2.05, 4.69) is 5.32 Å². The van der Waals surface area contributed by atoms with Gasteiger partial charge in [0.15, 0.2) is 0 Å².